The molecular formula is C17H20ClNO. The van der Waals surface area contributed by atoms with Gasteiger partial charge in [-0.15, -0.1) is 0 Å². The summed E-state index contributed by atoms with van der Waals surface area (Å²) in [5.41, 5.74) is 2.81. The van der Waals surface area contributed by atoms with Crippen molar-refractivity contribution in [1.29, 1.82) is 0 Å². The number of nitrogens with zero attached hydrogens (tertiary/aromatic N) is 1. The van der Waals surface area contributed by atoms with Gasteiger partial charge in [0, 0.05) is 23.3 Å². The Hall–Kier alpha value is -1.54. The van der Waals surface area contributed by atoms with Crippen LogP contribution in [0.25, 0.3) is 0 Å². The molecule has 1 aliphatic rings. The van der Waals surface area contributed by atoms with Gasteiger partial charge in [0.25, 0.3) is 0 Å². The van der Waals surface area contributed by atoms with Crippen molar-refractivity contribution >= 4 is 23.1 Å². The van der Waals surface area contributed by atoms with Gasteiger partial charge in [0.1, 0.15) is 0 Å². The Bertz CT molecular complexity index is 569. The van der Waals surface area contributed by atoms with Crippen molar-refractivity contribution in [3.8, 4) is 0 Å². The van der Waals surface area contributed by atoms with E-state index in [0.29, 0.717) is 11.4 Å². The number of ketones is 1. The van der Waals surface area contributed by atoms with Crippen molar-refractivity contribution < 1.29 is 4.79 Å². The van der Waals surface area contributed by atoms with Crippen molar-refractivity contribution in [3.63, 3.8) is 0 Å². The molecule has 1 aromatic rings. The van der Waals surface area contributed by atoms with Gasteiger partial charge in [0.2, 0.25) is 0 Å². The Morgan fingerprint density at radius 2 is 1.85 bits per heavy atom. The van der Waals surface area contributed by atoms with Crippen LogP contribution in [0.4, 0.5) is 5.69 Å². The Balaban J connectivity index is 2.43. The molecule has 0 aliphatic heterocycles. The summed E-state index contributed by atoms with van der Waals surface area (Å²) in [4.78, 5) is 14.4. The largest absolute Gasteiger partial charge is 0.315 e. The molecule has 0 bridgehead atoms. The van der Waals surface area contributed by atoms with Gasteiger partial charge in [0.05, 0.1) is 5.70 Å². The number of halogens is 1. The van der Waals surface area contributed by atoms with Crippen molar-refractivity contribution in [3.05, 3.63) is 53.3 Å². The molecule has 0 N–H and O–H groups in total. The van der Waals surface area contributed by atoms with E-state index in [1.54, 1.807) is 6.20 Å². The van der Waals surface area contributed by atoms with Gasteiger partial charge in [-0.3, -0.25) is 4.79 Å². The van der Waals surface area contributed by atoms with Crippen LogP contribution >= 0.6 is 11.6 Å². The van der Waals surface area contributed by atoms with Crippen LogP contribution in [0.2, 0.25) is 5.02 Å². The number of Topliss-reactive ketones (excluding diaryl/α,β-unsaturated/α-hetero) is 1. The van der Waals surface area contributed by atoms with Crippen LogP contribution in [0.3, 0.4) is 0 Å². The summed E-state index contributed by atoms with van der Waals surface area (Å²) in [7, 11) is 0. The van der Waals surface area contributed by atoms with Gasteiger partial charge < -0.3 is 4.90 Å². The van der Waals surface area contributed by atoms with Gasteiger partial charge in [-0.2, -0.15) is 0 Å². The highest BCUT2D eigenvalue weighted by atomic mass is 35.5. The third-order valence-corrected chi connectivity index (χ3v) is 3.83. The average molecular weight is 290 g/mol. The minimum Gasteiger partial charge on any atom is -0.315 e. The van der Waals surface area contributed by atoms with E-state index in [4.69, 9.17) is 11.6 Å². The Morgan fingerprint density at radius 3 is 2.35 bits per heavy atom. The lowest BCUT2D eigenvalue weighted by molar-refractivity contribution is -0.118. The highest BCUT2D eigenvalue weighted by Crippen LogP contribution is 2.39. The first-order chi connectivity index (χ1) is 9.34. The van der Waals surface area contributed by atoms with Crippen molar-refractivity contribution in [1.82, 2.24) is 0 Å². The highest BCUT2D eigenvalue weighted by molar-refractivity contribution is 6.30. The lowest BCUT2D eigenvalue weighted by atomic mass is 9.75. The van der Waals surface area contributed by atoms with Crippen molar-refractivity contribution in [2.45, 2.75) is 33.6 Å². The Morgan fingerprint density at radius 1 is 1.25 bits per heavy atom. The molecule has 1 aromatic carbocycles. The first-order valence-corrected chi connectivity index (χ1v) is 7.12. The maximum Gasteiger partial charge on any atom is 0.180 e. The summed E-state index contributed by atoms with van der Waals surface area (Å²) < 4.78 is 0. The summed E-state index contributed by atoms with van der Waals surface area (Å²) in [5.74, 6) is 0.175. The number of carbonyl (C=O) groups excluding carboxylic acids is 1. The van der Waals surface area contributed by atoms with Crippen LogP contribution in [0.1, 0.15) is 33.6 Å². The number of allylic oxidation sites excluding steroid dienone is 2. The van der Waals surface area contributed by atoms with Gasteiger partial charge in [-0.1, -0.05) is 32.0 Å². The number of hydrogen-bond acceptors (Lipinski definition) is 2. The fourth-order valence-electron chi connectivity index (χ4n) is 2.89. The van der Waals surface area contributed by atoms with E-state index in [-0.39, 0.29) is 11.2 Å². The standard InChI is InChI=1S/C17H20ClNO/c1-5-19(14-8-6-13(18)7-9-14)16-12(2)10-17(3,4)11-15(16)20/h5-9H,1,10-11H2,2-4H3. The molecule has 0 heterocycles. The second kappa shape index (κ2) is 5.45. The van der Waals surface area contributed by atoms with Crippen molar-refractivity contribution in [2.75, 3.05) is 4.90 Å². The first kappa shape index (κ1) is 14.9. The van der Waals surface area contributed by atoms with E-state index in [1.165, 1.54) is 0 Å². The van der Waals surface area contributed by atoms with Gasteiger partial charge >= 0.3 is 0 Å². The SMILES string of the molecule is C=CN(C1=C(C)CC(C)(C)CC1=O)c1ccc(Cl)cc1. The molecule has 1 aliphatic carbocycles. The molecule has 0 aromatic heterocycles. The molecule has 0 fully saturated rings. The normalized spacial score (nSPS) is 18.1. The average Bonchev–Trinajstić information content (AvgIpc) is 2.34. The molecule has 20 heavy (non-hydrogen) atoms. The fraction of sp³-hybridized carbons (Fsp3) is 0.353. The van der Waals surface area contributed by atoms with Gasteiger partial charge in [-0.25, -0.2) is 0 Å². The molecule has 106 valence electrons. The fourth-order valence-corrected chi connectivity index (χ4v) is 3.01. The van der Waals surface area contributed by atoms with Gasteiger partial charge in [-0.05, 0) is 48.6 Å². The molecule has 0 radical (unpaired) electrons. The lowest BCUT2D eigenvalue weighted by Crippen LogP contribution is -2.32. The zero-order valence-electron chi connectivity index (χ0n) is 12.2. The number of carbonyl (C=O) groups is 1. The van der Waals surface area contributed by atoms with Crippen molar-refractivity contribution in [2.24, 2.45) is 5.41 Å². The third kappa shape index (κ3) is 2.96. The molecule has 0 unspecified atom stereocenters. The monoisotopic (exact) mass is 289 g/mol. The highest BCUT2D eigenvalue weighted by Gasteiger charge is 2.33. The maximum absolute atomic E-state index is 12.5. The van der Waals surface area contributed by atoms with E-state index in [2.05, 4.69) is 20.4 Å². The second-order valence-electron chi connectivity index (χ2n) is 6.10. The Kier molecular flexibility index (Phi) is 4.05. The minimum absolute atomic E-state index is 0.0392. The first-order valence-electron chi connectivity index (χ1n) is 6.74. The molecule has 0 spiro atoms. The predicted octanol–water partition coefficient (Wildman–Crippen LogP) is 4.95. The molecule has 0 saturated carbocycles. The summed E-state index contributed by atoms with van der Waals surface area (Å²) >= 11 is 5.92. The maximum atomic E-state index is 12.5. The Labute approximate surface area is 125 Å². The summed E-state index contributed by atoms with van der Waals surface area (Å²) in [5, 5.41) is 0.680. The van der Waals surface area contributed by atoms with E-state index in [1.807, 2.05) is 36.1 Å². The van der Waals surface area contributed by atoms with E-state index < -0.39 is 0 Å². The molecule has 0 atom stereocenters. The summed E-state index contributed by atoms with van der Waals surface area (Å²) in [6.45, 7) is 10.1. The van der Waals surface area contributed by atoms with E-state index in [0.717, 1.165) is 23.4 Å². The number of hydrogen-bond donors (Lipinski definition) is 0. The van der Waals surface area contributed by atoms with Crippen LogP contribution in [-0.2, 0) is 4.79 Å². The second-order valence-corrected chi connectivity index (χ2v) is 6.54. The van der Waals surface area contributed by atoms with E-state index >= 15 is 0 Å². The number of benzene rings is 1. The zero-order chi connectivity index (χ0) is 14.9. The molecular weight excluding hydrogens is 270 g/mol. The van der Waals surface area contributed by atoms with E-state index in [9.17, 15) is 4.79 Å². The summed E-state index contributed by atoms with van der Waals surface area (Å²) in [6, 6.07) is 7.44. The van der Waals surface area contributed by atoms with Crippen LogP contribution < -0.4 is 4.90 Å². The van der Waals surface area contributed by atoms with Crippen LogP contribution in [0, 0.1) is 5.41 Å². The van der Waals surface area contributed by atoms with Crippen LogP contribution in [-0.4, -0.2) is 5.78 Å². The summed E-state index contributed by atoms with van der Waals surface area (Å²) in [6.07, 6.45) is 3.18. The lowest BCUT2D eigenvalue weighted by Gasteiger charge is -2.35. The minimum atomic E-state index is 0.0392. The zero-order valence-corrected chi connectivity index (χ0v) is 13.0. The third-order valence-electron chi connectivity index (χ3n) is 3.58. The molecule has 0 saturated heterocycles. The molecule has 3 heteroatoms. The molecule has 2 rings (SSSR count). The quantitative estimate of drug-likeness (QED) is 0.784. The van der Waals surface area contributed by atoms with Crippen LogP contribution in [0.15, 0.2) is 48.3 Å². The van der Waals surface area contributed by atoms with Gasteiger partial charge in [0.15, 0.2) is 5.78 Å². The topological polar surface area (TPSA) is 20.3 Å². The molecule has 2 nitrogen and oxygen atoms in total. The predicted molar refractivity (Wildman–Crippen MR) is 84.9 cm³/mol. The van der Waals surface area contributed by atoms with Crippen LogP contribution in [0.5, 0.6) is 0 Å². The smallest absolute Gasteiger partial charge is 0.180 e. The number of anilines is 1. The molecule has 0 amide bonds. The number of rotatable bonds is 3.